The number of hydrogen-bond acceptors (Lipinski definition) is 4. The number of carbonyl (C=O) groups is 1. The van der Waals surface area contributed by atoms with Crippen LogP contribution in [0.4, 0.5) is 11.4 Å². The molecule has 20 heavy (non-hydrogen) atoms. The van der Waals surface area contributed by atoms with Gasteiger partial charge in [0.2, 0.25) is 5.91 Å². The zero-order chi connectivity index (χ0) is 14.5. The summed E-state index contributed by atoms with van der Waals surface area (Å²) in [6.07, 6.45) is 2.76. The fourth-order valence-corrected chi connectivity index (χ4v) is 2.71. The average molecular weight is 272 g/mol. The highest BCUT2D eigenvalue weighted by molar-refractivity contribution is 5.74. The highest BCUT2D eigenvalue weighted by Crippen LogP contribution is 2.27. The molecule has 1 amide bonds. The highest BCUT2D eigenvalue weighted by atomic mass is 16.1. The predicted molar refractivity (Wildman–Crippen MR) is 78.9 cm³/mol. The number of benzene rings is 1. The Morgan fingerprint density at radius 2 is 2.10 bits per heavy atom. The normalized spacial score (nSPS) is 15.8. The third-order valence-electron chi connectivity index (χ3n) is 3.87. The summed E-state index contributed by atoms with van der Waals surface area (Å²) in [4.78, 5) is 13.2. The van der Waals surface area contributed by atoms with Crippen molar-refractivity contribution >= 4 is 17.3 Å². The standard InChI is InChI=1S/C15H20N4O/c16-6-3-12-10-13(1-2-14(12)17)19-7-4-11(5-8-19)9-15(18)20/h1-2,10-11H,3-5,7-9,17H2,(H2,18,20). The molecule has 0 spiro atoms. The molecule has 1 heterocycles. The molecule has 0 saturated carbocycles. The van der Waals surface area contributed by atoms with E-state index in [2.05, 4.69) is 11.0 Å². The highest BCUT2D eigenvalue weighted by Gasteiger charge is 2.21. The van der Waals surface area contributed by atoms with E-state index in [-0.39, 0.29) is 5.91 Å². The van der Waals surface area contributed by atoms with Gasteiger partial charge < -0.3 is 16.4 Å². The Morgan fingerprint density at radius 3 is 2.70 bits per heavy atom. The number of anilines is 2. The molecule has 1 aliphatic rings. The lowest BCUT2D eigenvalue weighted by atomic mass is 9.93. The number of hydrogen-bond donors (Lipinski definition) is 2. The van der Waals surface area contributed by atoms with Crippen LogP contribution in [0.25, 0.3) is 0 Å². The van der Waals surface area contributed by atoms with Crippen LogP contribution in [0.5, 0.6) is 0 Å². The van der Waals surface area contributed by atoms with Crippen molar-refractivity contribution in [2.45, 2.75) is 25.7 Å². The van der Waals surface area contributed by atoms with E-state index in [4.69, 9.17) is 16.7 Å². The molecule has 2 rings (SSSR count). The van der Waals surface area contributed by atoms with Gasteiger partial charge in [-0.25, -0.2) is 0 Å². The lowest BCUT2D eigenvalue weighted by Gasteiger charge is -2.33. The summed E-state index contributed by atoms with van der Waals surface area (Å²) in [6.45, 7) is 1.82. The first kappa shape index (κ1) is 14.2. The van der Waals surface area contributed by atoms with E-state index in [1.807, 2.05) is 18.2 Å². The van der Waals surface area contributed by atoms with E-state index < -0.39 is 0 Å². The van der Waals surface area contributed by atoms with Crippen LogP contribution in [0, 0.1) is 17.2 Å². The molecular formula is C15H20N4O. The van der Waals surface area contributed by atoms with E-state index in [0.717, 1.165) is 37.2 Å². The molecule has 0 unspecified atom stereocenters. The van der Waals surface area contributed by atoms with Crippen LogP contribution in [0.1, 0.15) is 24.8 Å². The zero-order valence-corrected chi connectivity index (χ0v) is 11.5. The zero-order valence-electron chi connectivity index (χ0n) is 11.5. The Hall–Kier alpha value is -2.22. The van der Waals surface area contributed by atoms with E-state index >= 15 is 0 Å². The monoisotopic (exact) mass is 272 g/mol. The Labute approximate surface area is 119 Å². The van der Waals surface area contributed by atoms with Crippen LogP contribution in [0.15, 0.2) is 18.2 Å². The lowest BCUT2D eigenvalue weighted by molar-refractivity contribution is -0.119. The van der Waals surface area contributed by atoms with Crippen molar-refractivity contribution in [1.82, 2.24) is 0 Å². The van der Waals surface area contributed by atoms with Crippen LogP contribution in [-0.2, 0) is 11.2 Å². The summed E-state index contributed by atoms with van der Waals surface area (Å²) in [5, 5.41) is 8.80. The van der Waals surface area contributed by atoms with Gasteiger partial charge in [-0.2, -0.15) is 5.26 Å². The van der Waals surface area contributed by atoms with Gasteiger partial charge in [-0.1, -0.05) is 0 Å². The van der Waals surface area contributed by atoms with E-state index in [1.54, 1.807) is 0 Å². The molecular weight excluding hydrogens is 252 g/mol. The largest absolute Gasteiger partial charge is 0.398 e. The van der Waals surface area contributed by atoms with Gasteiger partial charge in [-0.3, -0.25) is 4.79 Å². The van der Waals surface area contributed by atoms with Gasteiger partial charge in [0.25, 0.3) is 0 Å². The van der Waals surface area contributed by atoms with Crippen LogP contribution in [-0.4, -0.2) is 19.0 Å². The summed E-state index contributed by atoms with van der Waals surface area (Å²) in [7, 11) is 0. The van der Waals surface area contributed by atoms with Crippen LogP contribution < -0.4 is 16.4 Å². The number of carbonyl (C=O) groups excluding carboxylic acids is 1. The summed E-state index contributed by atoms with van der Waals surface area (Å²) < 4.78 is 0. The molecule has 1 aromatic rings. The molecule has 0 atom stereocenters. The lowest BCUT2D eigenvalue weighted by Crippen LogP contribution is -2.35. The molecule has 5 heteroatoms. The van der Waals surface area contributed by atoms with Gasteiger partial charge in [-0.15, -0.1) is 0 Å². The fourth-order valence-electron chi connectivity index (χ4n) is 2.71. The number of rotatable bonds is 4. The second-order valence-electron chi connectivity index (χ2n) is 5.32. The molecule has 4 N–H and O–H groups in total. The van der Waals surface area contributed by atoms with Crippen LogP contribution >= 0.6 is 0 Å². The first-order valence-electron chi connectivity index (χ1n) is 6.88. The number of nitrogens with two attached hydrogens (primary N) is 2. The minimum Gasteiger partial charge on any atom is -0.398 e. The summed E-state index contributed by atoms with van der Waals surface area (Å²) in [6, 6.07) is 7.98. The van der Waals surface area contributed by atoms with Gasteiger partial charge in [0, 0.05) is 30.9 Å². The quantitative estimate of drug-likeness (QED) is 0.810. The molecule has 1 aromatic carbocycles. The number of nitriles is 1. The molecule has 0 bridgehead atoms. The third kappa shape index (κ3) is 3.41. The molecule has 106 valence electrons. The second kappa shape index (κ2) is 6.29. The van der Waals surface area contributed by atoms with Gasteiger partial charge in [0.1, 0.15) is 0 Å². The molecule has 1 aliphatic heterocycles. The van der Waals surface area contributed by atoms with Gasteiger partial charge in [0.05, 0.1) is 12.5 Å². The van der Waals surface area contributed by atoms with Crippen molar-refractivity contribution in [1.29, 1.82) is 5.26 Å². The first-order valence-corrected chi connectivity index (χ1v) is 6.88. The van der Waals surface area contributed by atoms with Gasteiger partial charge in [-0.05, 0) is 42.5 Å². The van der Waals surface area contributed by atoms with Crippen molar-refractivity contribution < 1.29 is 4.79 Å². The maximum Gasteiger partial charge on any atom is 0.217 e. The number of amides is 1. The predicted octanol–water partition coefficient (Wildman–Crippen LogP) is 1.43. The molecule has 1 fully saturated rings. The van der Waals surface area contributed by atoms with Crippen molar-refractivity contribution in [3.8, 4) is 6.07 Å². The maximum absolute atomic E-state index is 10.9. The average Bonchev–Trinajstić information content (AvgIpc) is 2.42. The van der Waals surface area contributed by atoms with Crippen molar-refractivity contribution in [2.24, 2.45) is 11.7 Å². The van der Waals surface area contributed by atoms with Crippen LogP contribution in [0.3, 0.4) is 0 Å². The molecule has 0 aromatic heterocycles. The minimum atomic E-state index is -0.216. The van der Waals surface area contributed by atoms with Crippen molar-refractivity contribution in [3.05, 3.63) is 23.8 Å². The van der Waals surface area contributed by atoms with Crippen LogP contribution in [0.2, 0.25) is 0 Å². The van der Waals surface area contributed by atoms with Crippen molar-refractivity contribution in [3.63, 3.8) is 0 Å². The topological polar surface area (TPSA) is 96.1 Å². The summed E-state index contributed by atoms with van der Waals surface area (Å²) in [5.74, 6) is 0.184. The second-order valence-corrected chi connectivity index (χ2v) is 5.32. The maximum atomic E-state index is 10.9. The Morgan fingerprint density at radius 1 is 1.40 bits per heavy atom. The molecule has 5 nitrogen and oxygen atoms in total. The number of piperidine rings is 1. The van der Waals surface area contributed by atoms with E-state index in [1.165, 1.54) is 0 Å². The van der Waals surface area contributed by atoms with Gasteiger partial charge in [0.15, 0.2) is 0 Å². The summed E-state index contributed by atoms with van der Waals surface area (Å²) >= 11 is 0. The Bertz CT molecular complexity index is 527. The minimum absolute atomic E-state index is 0.216. The number of primary amides is 1. The van der Waals surface area contributed by atoms with Gasteiger partial charge >= 0.3 is 0 Å². The first-order chi connectivity index (χ1) is 9.60. The fraction of sp³-hybridized carbons (Fsp3) is 0.467. The number of nitrogens with zero attached hydrogens (tertiary/aromatic N) is 2. The molecule has 0 radical (unpaired) electrons. The van der Waals surface area contributed by atoms with E-state index in [9.17, 15) is 4.79 Å². The SMILES string of the molecule is N#CCc1cc(N2CCC(CC(N)=O)CC2)ccc1N. The van der Waals surface area contributed by atoms with Crippen molar-refractivity contribution in [2.75, 3.05) is 23.7 Å². The molecule has 1 saturated heterocycles. The molecule has 0 aliphatic carbocycles. The Kier molecular flexibility index (Phi) is 4.46. The smallest absolute Gasteiger partial charge is 0.217 e. The summed E-state index contributed by atoms with van der Waals surface area (Å²) in [5.41, 5.74) is 13.7. The van der Waals surface area contributed by atoms with E-state index in [0.29, 0.717) is 24.4 Å². The third-order valence-corrected chi connectivity index (χ3v) is 3.87. The Balaban J connectivity index is 2.02. The number of nitrogen functional groups attached to an aromatic ring is 1.